The smallest absolute Gasteiger partial charge is 0.426 e. The Kier molecular flexibility index (Phi) is 4.57. The molecule has 1 heterocycles. The van der Waals surface area contributed by atoms with Gasteiger partial charge in [-0.2, -0.15) is 13.2 Å². The first-order chi connectivity index (χ1) is 10.2. The third kappa shape index (κ3) is 3.00. The van der Waals surface area contributed by atoms with Crippen LogP contribution in [0.1, 0.15) is 5.69 Å². The molecule has 0 saturated carbocycles. The first kappa shape index (κ1) is 16.9. The third-order valence-corrected chi connectivity index (χ3v) is 3.65. The highest BCUT2D eigenvalue weighted by Crippen LogP contribution is 2.29. The lowest BCUT2D eigenvalue weighted by atomic mass is 10.3. The van der Waals surface area contributed by atoms with Gasteiger partial charge in [-0.15, -0.1) is 0 Å². The van der Waals surface area contributed by atoms with E-state index in [-0.39, 0.29) is 16.5 Å². The van der Waals surface area contributed by atoms with E-state index >= 15 is 0 Å². The standard InChI is InChI=1S/C12H7ClF3IN2O3/c1-18-9(12(14,15)16)5-10(20)19(11(18)21)6-2-3-7(13)8(4-6)22-17/h2-5H,1H3. The van der Waals surface area contributed by atoms with E-state index in [1.807, 2.05) is 0 Å². The van der Waals surface area contributed by atoms with E-state index in [2.05, 4.69) is 0 Å². The number of benzene rings is 1. The second-order valence-electron chi connectivity index (χ2n) is 4.23. The van der Waals surface area contributed by atoms with Gasteiger partial charge in [0.05, 0.1) is 10.7 Å². The normalized spacial score (nSPS) is 11.5. The zero-order chi connectivity index (χ0) is 16.7. The Bertz CT molecular complexity index is 845. The molecule has 118 valence electrons. The van der Waals surface area contributed by atoms with Gasteiger partial charge in [0.1, 0.15) is 5.69 Å². The van der Waals surface area contributed by atoms with E-state index in [4.69, 9.17) is 14.7 Å². The molecular weight excluding hydrogens is 439 g/mol. The summed E-state index contributed by atoms with van der Waals surface area (Å²) in [6, 6.07) is 4.34. The van der Waals surface area contributed by atoms with Crippen molar-refractivity contribution >= 4 is 34.6 Å². The Morgan fingerprint density at radius 3 is 2.41 bits per heavy atom. The highest BCUT2D eigenvalue weighted by atomic mass is 127. The molecule has 5 nitrogen and oxygen atoms in total. The fraction of sp³-hybridized carbons (Fsp3) is 0.167. The molecule has 0 bridgehead atoms. The van der Waals surface area contributed by atoms with E-state index in [0.717, 1.165) is 7.05 Å². The minimum absolute atomic E-state index is 0.0513. The summed E-state index contributed by atoms with van der Waals surface area (Å²) >= 11 is 7.38. The van der Waals surface area contributed by atoms with Gasteiger partial charge in [0.25, 0.3) is 5.56 Å². The van der Waals surface area contributed by atoms with Gasteiger partial charge in [0, 0.05) is 19.2 Å². The Hall–Kier alpha value is -1.49. The largest absolute Gasteiger partial charge is 0.431 e. The predicted molar refractivity (Wildman–Crippen MR) is 81.9 cm³/mol. The maximum Gasteiger partial charge on any atom is 0.431 e. The van der Waals surface area contributed by atoms with Crippen LogP contribution in [0.5, 0.6) is 5.75 Å². The summed E-state index contributed by atoms with van der Waals surface area (Å²) in [5, 5.41) is 0.231. The van der Waals surface area contributed by atoms with Crippen LogP contribution in [0, 0.1) is 0 Å². The predicted octanol–water partition coefficient (Wildman–Crippen LogP) is 2.94. The summed E-state index contributed by atoms with van der Waals surface area (Å²) in [5.41, 5.74) is -3.49. The molecule has 0 aliphatic heterocycles. The van der Waals surface area contributed by atoms with Gasteiger partial charge in [-0.3, -0.25) is 9.36 Å². The Morgan fingerprint density at radius 1 is 1.23 bits per heavy atom. The minimum Gasteiger partial charge on any atom is -0.426 e. The van der Waals surface area contributed by atoms with Crippen molar-refractivity contribution in [2.24, 2.45) is 7.05 Å². The van der Waals surface area contributed by atoms with Crippen molar-refractivity contribution in [3.05, 3.63) is 55.8 Å². The van der Waals surface area contributed by atoms with Gasteiger partial charge >= 0.3 is 11.9 Å². The molecule has 0 unspecified atom stereocenters. The average Bonchev–Trinajstić information content (AvgIpc) is 2.43. The molecule has 22 heavy (non-hydrogen) atoms. The van der Waals surface area contributed by atoms with Crippen molar-refractivity contribution in [1.82, 2.24) is 9.13 Å². The lowest BCUT2D eigenvalue weighted by Crippen LogP contribution is -2.40. The molecular formula is C12H7ClF3IN2O3. The zero-order valence-electron chi connectivity index (χ0n) is 10.8. The summed E-state index contributed by atoms with van der Waals surface area (Å²) < 4.78 is 44.2. The van der Waals surface area contributed by atoms with Crippen LogP contribution >= 0.6 is 34.6 Å². The fourth-order valence-corrected chi connectivity index (χ4v) is 2.48. The third-order valence-electron chi connectivity index (χ3n) is 2.87. The van der Waals surface area contributed by atoms with E-state index < -0.39 is 23.1 Å². The zero-order valence-corrected chi connectivity index (χ0v) is 13.7. The molecule has 0 saturated heterocycles. The summed E-state index contributed by atoms with van der Waals surface area (Å²) in [5.74, 6) is 0.175. The topological polar surface area (TPSA) is 53.2 Å². The minimum atomic E-state index is -4.80. The molecule has 0 fully saturated rings. The molecule has 10 heteroatoms. The van der Waals surface area contributed by atoms with Crippen molar-refractivity contribution in [3.8, 4) is 11.4 Å². The molecule has 1 aromatic carbocycles. The molecule has 0 aliphatic rings. The number of rotatable bonds is 2. The first-order valence-electron chi connectivity index (χ1n) is 5.65. The van der Waals surface area contributed by atoms with Crippen LogP contribution in [0.3, 0.4) is 0 Å². The van der Waals surface area contributed by atoms with E-state index in [9.17, 15) is 22.8 Å². The van der Waals surface area contributed by atoms with E-state index in [0.29, 0.717) is 15.2 Å². The number of halogens is 5. The summed E-state index contributed by atoms with van der Waals surface area (Å²) in [6.07, 6.45) is -4.80. The van der Waals surface area contributed by atoms with Crippen LogP contribution in [0.15, 0.2) is 33.9 Å². The molecule has 0 atom stereocenters. The molecule has 0 aliphatic carbocycles. The Morgan fingerprint density at radius 2 is 1.86 bits per heavy atom. The van der Waals surface area contributed by atoms with Crippen molar-refractivity contribution in [3.63, 3.8) is 0 Å². The molecule has 0 radical (unpaired) electrons. The van der Waals surface area contributed by atoms with Gasteiger partial charge in [-0.25, -0.2) is 9.36 Å². The van der Waals surface area contributed by atoms with Gasteiger partial charge in [0.2, 0.25) is 0 Å². The Labute approximate surface area is 140 Å². The van der Waals surface area contributed by atoms with Crippen molar-refractivity contribution in [2.75, 3.05) is 0 Å². The molecule has 2 aromatic rings. The quantitative estimate of drug-likeness (QED) is 0.667. The van der Waals surface area contributed by atoms with E-state index in [1.54, 1.807) is 23.0 Å². The molecule has 0 spiro atoms. The van der Waals surface area contributed by atoms with Crippen LogP contribution in [-0.4, -0.2) is 9.13 Å². The number of alkyl halides is 3. The van der Waals surface area contributed by atoms with Crippen LogP contribution in [0.4, 0.5) is 13.2 Å². The maximum atomic E-state index is 12.8. The van der Waals surface area contributed by atoms with Gasteiger partial charge in [0.15, 0.2) is 28.8 Å². The van der Waals surface area contributed by atoms with Gasteiger partial charge in [-0.05, 0) is 12.1 Å². The summed E-state index contributed by atoms with van der Waals surface area (Å²) in [7, 11) is 0.937. The highest BCUT2D eigenvalue weighted by Gasteiger charge is 2.35. The molecule has 1 aromatic heterocycles. The number of aromatic nitrogens is 2. The maximum absolute atomic E-state index is 12.8. The molecule has 0 amide bonds. The van der Waals surface area contributed by atoms with E-state index in [1.165, 1.54) is 18.2 Å². The van der Waals surface area contributed by atoms with Crippen LogP contribution in [0.2, 0.25) is 5.02 Å². The monoisotopic (exact) mass is 446 g/mol. The summed E-state index contributed by atoms with van der Waals surface area (Å²) in [6.45, 7) is 0. The second kappa shape index (κ2) is 5.95. The van der Waals surface area contributed by atoms with Crippen LogP contribution in [0.25, 0.3) is 5.69 Å². The van der Waals surface area contributed by atoms with Crippen molar-refractivity contribution in [1.29, 1.82) is 0 Å². The lowest BCUT2D eigenvalue weighted by Gasteiger charge is -2.14. The molecule has 0 N–H and O–H groups in total. The van der Waals surface area contributed by atoms with Gasteiger partial charge < -0.3 is 3.07 Å². The second-order valence-corrected chi connectivity index (χ2v) is 5.08. The number of hydrogen-bond acceptors (Lipinski definition) is 3. The first-order valence-corrected chi connectivity index (χ1v) is 6.91. The molecule has 2 rings (SSSR count). The lowest BCUT2D eigenvalue weighted by molar-refractivity contribution is -0.144. The number of nitrogens with zero attached hydrogens (tertiary/aromatic N) is 2. The van der Waals surface area contributed by atoms with Crippen molar-refractivity contribution < 1.29 is 16.2 Å². The van der Waals surface area contributed by atoms with Crippen LogP contribution < -0.4 is 14.3 Å². The fourth-order valence-electron chi connectivity index (χ4n) is 1.83. The van der Waals surface area contributed by atoms with Gasteiger partial charge in [-0.1, -0.05) is 11.6 Å². The highest BCUT2D eigenvalue weighted by molar-refractivity contribution is 14.1. The van der Waals surface area contributed by atoms with Crippen LogP contribution in [-0.2, 0) is 13.2 Å². The van der Waals surface area contributed by atoms with Crippen molar-refractivity contribution in [2.45, 2.75) is 6.18 Å². The summed E-state index contributed by atoms with van der Waals surface area (Å²) in [4.78, 5) is 24.0. The SMILES string of the molecule is Cn1c(C(F)(F)F)cc(=O)n(-c2ccc(Cl)c(OI)c2)c1=O. The average molecular weight is 447 g/mol. The number of hydrogen-bond donors (Lipinski definition) is 0. The Balaban J connectivity index is 2.76.